The van der Waals surface area contributed by atoms with Crippen molar-refractivity contribution in [3.63, 3.8) is 0 Å². The molecule has 0 atom stereocenters. The van der Waals surface area contributed by atoms with Crippen LogP contribution >= 0.6 is 11.8 Å². The molecule has 172 valence electrons. The molecule has 34 heavy (non-hydrogen) atoms. The number of carbonyl (C=O) groups is 2. The fourth-order valence-electron chi connectivity index (χ4n) is 3.29. The summed E-state index contributed by atoms with van der Waals surface area (Å²) in [5, 5.41) is 14.3. The number of hydrogen-bond acceptors (Lipinski definition) is 6. The van der Waals surface area contributed by atoms with E-state index in [4.69, 9.17) is 0 Å². The SMILES string of the molecule is Cc1ccc(NC(=O)NC(=O)CSc2nnc(-c3ccncc3)n2Cc2ccccc2)cc1C. The standard InChI is InChI=1S/C25H24N6O2S/c1-17-8-9-21(14-18(17)2)27-24(33)28-22(32)16-34-25-30-29-23(20-10-12-26-13-11-20)31(25)15-19-6-4-3-5-7-19/h3-14H,15-16H2,1-2H3,(H2,27,28,32,33). The molecule has 0 spiro atoms. The van der Waals surface area contributed by atoms with Gasteiger partial charge in [-0.1, -0.05) is 48.2 Å². The first-order valence-electron chi connectivity index (χ1n) is 10.7. The predicted molar refractivity (Wildman–Crippen MR) is 133 cm³/mol. The summed E-state index contributed by atoms with van der Waals surface area (Å²) < 4.78 is 1.96. The van der Waals surface area contributed by atoms with Gasteiger partial charge >= 0.3 is 6.03 Å². The summed E-state index contributed by atoms with van der Waals surface area (Å²) in [7, 11) is 0. The molecule has 2 aromatic heterocycles. The van der Waals surface area contributed by atoms with E-state index in [0.717, 1.165) is 22.3 Å². The number of pyridine rings is 1. The zero-order valence-corrected chi connectivity index (χ0v) is 19.7. The lowest BCUT2D eigenvalue weighted by atomic mass is 10.1. The van der Waals surface area contributed by atoms with Gasteiger partial charge in [0.25, 0.3) is 0 Å². The lowest BCUT2D eigenvalue weighted by Gasteiger charge is -2.11. The highest BCUT2D eigenvalue weighted by Crippen LogP contribution is 2.25. The zero-order chi connectivity index (χ0) is 23.9. The zero-order valence-electron chi connectivity index (χ0n) is 18.9. The van der Waals surface area contributed by atoms with Crippen LogP contribution in [-0.2, 0) is 11.3 Å². The quantitative estimate of drug-likeness (QED) is 0.386. The molecule has 4 rings (SSSR count). The number of carbonyl (C=O) groups excluding carboxylic acids is 2. The number of imide groups is 1. The van der Waals surface area contributed by atoms with Gasteiger partial charge in [0, 0.05) is 23.6 Å². The van der Waals surface area contributed by atoms with Crippen molar-refractivity contribution in [1.82, 2.24) is 25.1 Å². The molecule has 0 aliphatic heterocycles. The number of anilines is 1. The van der Waals surface area contributed by atoms with E-state index >= 15 is 0 Å². The molecular formula is C25H24N6O2S. The predicted octanol–water partition coefficient (Wildman–Crippen LogP) is 4.45. The highest BCUT2D eigenvalue weighted by molar-refractivity contribution is 7.99. The van der Waals surface area contributed by atoms with Crippen LogP contribution in [0.3, 0.4) is 0 Å². The molecule has 0 unspecified atom stereocenters. The Morgan fingerprint density at radius 2 is 1.71 bits per heavy atom. The molecule has 8 nitrogen and oxygen atoms in total. The van der Waals surface area contributed by atoms with Gasteiger partial charge in [0.15, 0.2) is 11.0 Å². The largest absolute Gasteiger partial charge is 0.325 e. The van der Waals surface area contributed by atoms with Crippen molar-refractivity contribution in [2.24, 2.45) is 0 Å². The van der Waals surface area contributed by atoms with E-state index in [1.165, 1.54) is 11.8 Å². The fraction of sp³-hybridized carbons (Fsp3) is 0.160. The molecule has 0 fully saturated rings. The van der Waals surface area contributed by atoms with Gasteiger partial charge in [-0.25, -0.2) is 4.79 Å². The highest BCUT2D eigenvalue weighted by atomic mass is 32.2. The van der Waals surface area contributed by atoms with E-state index in [-0.39, 0.29) is 5.75 Å². The van der Waals surface area contributed by atoms with Crippen LogP contribution in [0.1, 0.15) is 16.7 Å². The van der Waals surface area contributed by atoms with Crippen LogP contribution in [0.5, 0.6) is 0 Å². The maximum absolute atomic E-state index is 12.4. The Balaban J connectivity index is 1.43. The number of urea groups is 1. The Morgan fingerprint density at radius 3 is 2.44 bits per heavy atom. The monoisotopic (exact) mass is 472 g/mol. The van der Waals surface area contributed by atoms with Crippen LogP contribution in [0.25, 0.3) is 11.4 Å². The lowest BCUT2D eigenvalue weighted by molar-refractivity contribution is -0.117. The summed E-state index contributed by atoms with van der Waals surface area (Å²) >= 11 is 1.22. The van der Waals surface area contributed by atoms with Crippen molar-refractivity contribution >= 4 is 29.4 Å². The van der Waals surface area contributed by atoms with Crippen LogP contribution in [0, 0.1) is 13.8 Å². The minimum atomic E-state index is -0.572. The highest BCUT2D eigenvalue weighted by Gasteiger charge is 2.17. The Hall–Kier alpha value is -3.98. The molecule has 9 heteroatoms. The molecule has 3 amide bonds. The first-order chi connectivity index (χ1) is 16.5. The van der Waals surface area contributed by atoms with E-state index in [2.05, 4.69) is 25.8 Å². The van der Waals surface area contributed by atoms with E-state index in [9.17, 15) is 9.59 Å². The van der Waals surface area contributed by atoms with Crippen molar-refractivity contribution in [3.8, 4) is 11.4 Å². The van der Waals surface area contributed by atoms with Crippen molar-refractivity contribution in [3.05, 3.63) is 89.7 Å². The lowest BCUT2D eigenvalue weighted by Crippen LogP contribution is -2.35. The van der Waals surface area contributed by atoms with Gasteiger partial charge in [-0.05, 0) is 54.8 Å². The number of rotatable bonds is 7. The average Bonchev–Trinajstić information content (AvgIpc) is 3.23. The van der Waals surface area contributed by atoms with Crippen molar-refractivity contribution < 1.29 is 9.59 Å². The maximum Gasteiger partial charge on any atom is 0.325 e. The van der Waals surface area contributed by atoms with Gasteiger partial charge in [-0.3, -0.25) is 19.7 Å². The third kappa shape index (κ3) is 5.87. The van der Waals surface area contributed by atoms with Gasteiger partial charge in [0.1, 0.15) is 0 Å². The molecule has 2 heterocycles. The normalized spacial score (nSPS) is 10.6. The average molecular weight is 473 g/mol. The first kappa shape index (κ1) is 23.2. The Kier molecular flexibility index (Phi) is 7.34. The third-order valence-corrected chi connectivity index (χ3v) is 6.16. The summed E-state index contributed by atoms with van der Waals surface area (Å²) in [6.45, 7) is 4.51. The molecule has 0 radical (unpaired) electrons. The Morgan fingerprint density at radius 1 is 0.941 bits per heavy atom. The summed E-state index contributed by atoms with van der Waals surface area (Å²) in [4.78, 5) is 28.7. The Bertz CT molecular complexity index is 1290. The van der Waals surface area contributed by atoms with Gasteiger partial charge in [-0.15, -0.1) is 10.2 Å². The van der Waals surface area contributed by atoms with Crippen LogP contribution in [-0.4, -0.2) is 37.4 Å². The number of aromatic nitrogens is 4. The van der Waals surface area contributed by atoms with Gasteiger partial charge in [-0.2, -0.15) is 0 Å². The van der Waals surface area contributed by atoms with Crippen molar-refractivity contribution in [2.75, 3.05) is 11.1 Å². The van der Waals surface area contributed by atoms with Crippen LogP contribution in [0.15, 0.2) is 78.2 Å². The molecular weight excluding hydrogens is 448 g/mol. The smallest absolute Gasteiger partial charge is 0.308 e. The molecule has 0 saturated carbocycles. The van der Waals surface area contributed by atoms with E-state index in [1.807, 2.05) is 73.0 Å². The minimum Gasteiger partial charge on any atom is -0.308 e. The second-order valence-corrected chi connectivity index (χ2v) is 8.65. The minimum absolute atomic E-state index is 0.0175. The van der Waals surface area contributed by atoms with Crippen LogP contribution in [0.4, 0.5) is 10.5 Å². The molecule has 2 N–H and O–H groups in total. The molecule has 2 aromatic carbocycles. The first-order valence-corrected chi connectivity index (χ1v) is 11.7. The fourth-order valence-corrected chi connectivity index (χ4v) is 4.03. The van der Waals surface area contributed by atoms with Crippen molar-refractivity contribution in [1.29, 1.82) is 0 Å². The summed E-state index contributed by atoms with van der Waals surface area (Å²) in [5.74, 6) is 0.275. The number of amides is 3. The molecule has 0 bridgehead atoms. The van der Waals surface area contributed by atoms with E-state index in [0.29, 0.717) is 23.2 Å². The number of aryl methyl sites for hydroxylation is 2. The molecule has 0 saturated heterocycles. The second-order valence-electron chi connectivity index (χ2n) is 7.70. The number of thioether (sulfide) groups is 1. The van der Waals surface area contributed by atoms with Gasteiger partial charge < -0.3 is 5.32 Å². The topological polar surface area (TPSA) is 102 Å². The van der Waals surface area contributed by atoms with E-state index < -0.39 is 11.9 Å². The number of benzene rings is 2. The van der Waals surface area contributed by atoms with Gasteiger partial charge in [0.2, 0.25) is 5.91 Å². The maximum atomic E-state index is 12.4. The van der Waals surface area contributed by atoms with E-state index in [1.54, 1.807) is 18.5 Å². The number of nitrogens with one attached hydrogen (secondary N) is 2. The summed E-state index contributed by atoms with van der Waals surface area (Å²) in [5.41, 5.74) is 4.77. The van der Waals surface area contributed by atoms with Crippen LogP contribution in [0.2, 0.25) is 0 Å². The summed E-state index contributed by atoms with van der Waals surface area (Å²) in [6, 6.07) is 18.7. The van der Waals surface area contributed by atoms with Gasteiger partial charge in [0.05, 0.1) is 12.3 Å². The number of nitrogens with zero attached hydrogens (tertiary/aromatic N) is 4. The third-order valence-electron chi connectivity index (χ3n) is 5.19. The van der Waals surface area contributed by atoms with Crippen molar-refractivity contribution in [2.45, 2.75) is 25.5 Å². The second kappa shape index (κ2) is 10.8. The Labute approximate surface area is 201 Å². The summed E-state index contributed by atoms with van der Waals surface area (Å²) in [6.07, 6.45) is 3.40. The molecule has 0 aliphatic carbocycles. The molecule has 4 aromatic rings. The van der Waals surface area contributed by atoms with Crippen LogP contribution < -0.4 is 10.6 Å². The molecule has 0 aliphatic rings. The number of hydrogen-bond donors (Lipinski definition) is 2.